The molecule has 0 fully saturated rings. The van der Waals surface area contributed by atoms with Gasteiger partial charge in [-0.3, -0.25) is 0 Å². The first kappa shape index (κ1) is 17.7. The summed E-state index contributed by atoms with van der Waals surface area (Å²) in [4.78, 5) is 3.58. The van der Waals surface area contributed by atoms with Gasteiger partial charge >= 0.3 is 0 Å². The zero-order chi connectivity index (χ0) is 18.5. The molecule has 0 heterocycles. The summed E-state index contributed by atoms with van der Waals surface area (Å²) in [7, 11) is 0. The van der Waals surface area contributed by atoms with Crippen molar-refractivity contribution in [2.45, 2.75) is 6.92 Å². The number of benzene rings is 3. The minimum Gasteiger partial charge on any atom is -0.205 e. The van der Waals surface area contributed by atoms with Crippen molar-refractivity contribution in [3.05, 3.63) is 89.0 Å². The van der Waals surface area contributed by atoms with Gasteiger partial charge in [0.15, 0.2) is 0 Å². The van der Waals surface area contributed by atoms with Gasteiger partial charge in [0.1, 0.15) is 11.6 Å². The first-order valence-corrected chi connectivity index (χ1v) is 8.24. The van der Waals surface area contributed by atoms with E-state index < -0.39 is 11.6 Å². The second kappa shape index (κ2) is 7.84. The Labute approximate surface area is 156 Å². The molecule has 0 aliphatic carbocycles. The highest BCUT2D eigenvalue weighted by Crippen LogP contribution is 2.23. The number of halogens is 2. The Morgan fingerprint density at radius 2 is 1.54 bits per heavy atom. The van der Waals surface area contributed by atoms with Gasteiger partial charge in [-0.1, -0.05) is 54.3 Å². The zero-order valence-corrected chi connectivity index (χ0v) is 14.7. The van der Waals surface area contributed by atoms with Crippen LogP contribution in [0.3, 0.4) is 0 Å². The lowest BCUT2D eigenvalue weighted by atomic mass is 10.00. The van der Waals surface area contributed by atoms with Gasteiger partial charge in [-0.15, -0.1) is 0 Å². The Morgan fingerprint density at radius 1 is 0.846 bits per heavy atom. The van der Waals surface area contributed by atoms with Crippen molar-refractivity contribution in [3.63, 3.8) is 0 Å². The molecule has 3 rings (SSSR count). The van der Waals surface area contributed by atoms with E-state index in [2.05, 4.69) is 34.2 Å². The predicted octanol–water partition coefficient (Wildman–Crippen LogP) is 6.07. The highest BCUT2D eigenvalue weighted by atomic mass is 32.1. The fourth-order valence-electron chi connectivity index (χ4n) is 2.54. The molecule has 0 N–H and O–H groups in total. The Hall–Kier alpha value is -3.12. The Balaban J connectivity index is 1.95. The molecule has 0 aliphatic rings. The number of aliphatic imine (C=N–C) groups is 1. The first-order valence-electron chi connectivity index (χ1n) is 7.83. The molecule has 0 saturated heterocycles. The minimum absolute atomic E-state index is 0.0731. The van der Waals surface area contributed by atoms with Crippen molar-refractivity contribution in [2.75, 3.05) is 0 Å². The summed E-state index contributed by atoms with van der Waals surface area (Å²) >= 11 is 4.44. The van der Waals surface area contributed by atoms with Crippen LogP contribution in [0.25, 0.3) is 11.1 Å². The van der Waals surface area contributed by atoms with E-state index in [9.17, 15) is 8.78 Å². The summed E-state index contributed by atoms with van der Waals surface area (Å²) in [6, 6.07) is 17.9. The number of nitrogens with zero attached hydrogens (tertiary/aromatic N) is 1. The van der Waals surface area contributed by atoms with Crippen molar-refractivity contribution in [2.24, 2.45) is 4.99 Å². The van der Waals surface area contributed by atoms with Crippen LogP contribution >= 0.6 is 12.2 Å². The summed E-state index contributed by atoms with van der Waals surface area (Å²) in [5.74, 6) is 3.87. The van der Waals surface area contributed by atoms with Gasteiger partial charge in [-0.05, 0) is 41.9 Å². The van der Waals surface area contributed by atoms with Gasteiger partial charge < -0.3 is 0 Å². The average molecular weight is 361 g/mol. The molecule has 26 heavy (non-hydrogen) atoms. The van der Waals surface area contributed by atoms with Crippen LogP contribution in [-0.4, -0.2) is 5.16 Å². The molecular weight excluding hydrogens is 348 g/mol. The lowest BCUT2D eigenvalue weighted by Crippen LogP contribution is -1.91. The largest absolute Gasteiger partial charge is 0.205 e. The molecule has 0 amide bonds. The van der Waals surface area contributed by atoms with E-state index >= 15 is 0 Å². The minimum atomic E-state index is -0.778. The van der Waals surface area contributed by atoms with E-state index in [1.54, 1.807) is 0 Å². The quantitative estimate of drug-likeness (QED) is 0.306. The molecule has 0 radical (unpaired) electrons. The molecule has 0 bridgehead atoms. The third-order valence-electron chi connectivity index (χ3n) is 3.86. The van der Waals surface area contributed by atoms with Crippen LogP contribution in [0.5, 0.6) is 0 Å². The van der Waals surface area contributed by atoms with E-state index in [4.69, 9.17) is 0 Å². The third-order valence-corrected chi connectivity index (χ3v) is 3.95. The van der Waals surface area contributed by atoms with Crippen LogP contribution in [0.4, 0.5) is 14.5 Å². The van der Waals surface area contributed by atoms with Gasteiger partial charge in [-0.2, -0.15) is 4.99 Å². The van der Waals surface area contributed by atoms with Crippen LogP contribution in [0.2, 0.25) is 0 Å². The highest BCUT2D eigenvalue weighted by Gasteiger charge is 2.09. The number of aryl methyl sites for hydroxylation is 1. The standard InChI is InChI=1S/C22H13F2NS/c1-15-11-18(17-5-3-2-4-6-17)8-7-16(15)9-10-20-21(23)12-19(25-14-26)13-22(20)24/h2-8,11-13H,1H3. The Morgan fingerprint density at radius 3 is 2.15 bits per heavy atom. The highest BCUT2D eigenvalue weighted by molar-refractivity contribution is 7.78. The maximum absolute atomic E-state index is 14.1. The summed E-state index contributed by atoms with van der Waals surface area (Å²) in [5.41, 5.74) is 3.59. The Bertz CT molecular complexity index is 1050. The number of isothiocyanates is 1. The molecule has 0 atom stereocenters. The van der Waals surface area contributed by atoms with E-state index in [1.807, 2.05) is 55.5 Å². The number of rotatable bonds is 2. The second-order valence-electron chi connectivity index (χ2n) is 5.63. The topological polar surface area (TPSA) is 12.4 Å². The molecule has 126 valence electrons. The number of hydrogen-bond donors (Lipinski definition) is 0. The summed E-state index contributed by atoms with van der Waals surface area (Å²) in [5, 5.41) is 2.08. The van der Waals surface area contributed by atoms with Gasteiger partial charge in [0.2, 0.25) is 0 Å². The first-order chi connectivity index (χ1) is 12.6. The van der Waals surface area contributed by atoms with Crippen LogP contribution in [-0.2, 0) is 0 Å². The monoisotopic (exact) mass is 361 g/mol. The van der Waals surface area contributed by atoms with Crippen molar-refractivity contribution in [3.8, 4) is 23.0 Å². The number of hydrogen-bond acceptors (Lipinski definition) is 2. The van der Waals surface area contributed by atoms with Crippen molar-refractivity contribution >= 4 is 23.1 Å². The Kier molecular flexibility index (Phi) is 5.34. The molecule has 4 heteroatoms. The van der Waals surface area contributed by atoms with E-state index in [0.29, 0.717) is 5.56 Å². The molecule has 3 aromatic carbocycles. The fraction of sp³-hybridized carbons (Fsp3) is 0.0455. The van der Waals surface area contributed by atoms with Crippen LogP contribution < -0.4 is 0 Å². The third kappa shape index (κ3) is 3.92. The van der Waals surface area contributed by atoms with Gasteiger partial charge in [0, 0.05) is 17.7 Å². The van der Waals surface area contributed by atoms with Crippen LogP contribution in [0.1, 0.15) is 16.7 Å². The number of thiocarbonyl (C=S) groups is 1. The van der Waals surface area contributed by atoms with Gasteiger partial charge in [0.05, 0.1) is 16.4 Å². The van der Waals surface area contributed by atoms with Crippen LogP contribution in [0.15, 0.2) is 65.7 Å². The van der Waals surface area contributed by atoms with Crippen molar-refractivity contribution < 1.29 is 8.78 Å². The normalized spacial score (nSPS) is 9.81. The van der Waals surface area contributed by atoms with Crippen LogP contribution in [0, 0.1) is 30.4 Å². The van der Waals surface area contributed by atoms with Gasteiger partial charge in [-0.25, -0.2) is 8.78 Å². The molecule has 0 aliphatic heterocycles. The summed E-state index contributed by atoms with van der Waals surface area (Å²) in [6.45, 7) is 1.92. The lowest BCUT2D eigenvalue weighted by molar-refractivity contribution is 0.578. The lowest BCUT2D eigenvalue weighted by Gasteiger charge is -2.05. The predicted molar refractivity (Wildman–Crippen MR) is 104 cm³/mol. The fourth-order valence-corrected chi connectivity index (χ4v) is 2.65. The zero-order valence-electron chi connectivity index (χ0n) is 13.9. The van der Waals surface area contributed by atoms with Crippen molar-refractivity contribution in [1.29, 1.82) is 0 Å². The molecule has 1 nitrogen and oxygen atoms in total. The molecule has 3 aromatic rings. The second-order valence-corrected chi connectivity index (χ2v) is 5.82. The molecule has 0 saturated carbocycles. The summed E-state index contributed by atoms with van der Waals surface area (Å²) < 4.78 is 28.1. The summed E-state index contributed by atoms with van der Waals surface area (Å²) in [6.07, 6.45) is 0. The van der Waals surface area contributed by atoms with E-state index in [-0.39, 0.29) is 11.3 Å². The molecule has 0 spiro atoms. The maximum atomic E-state index is 14.1. The van der Waals surface area contributed by atoms with E-state index in [0.717, 1.165) is 28.8 Å². The van der Waals surface area contributed by atoms with Crippen molar-refractivity contribution in [1.82, 2.24) is 0 Å². The van der Waals surface area contributed by atoms with E-state index in [1.165, 1.54) is 0 Å². The molecule has 0 unspecified atom stereocenters. The average Bonchev–Trinajstić information content (AvgIpc) is 2.63. The SMILES string of the molecule is Cc1cc(-c2ccccc2)ccc1C#Cc1c(F)cc(N=C=S)cc1F. The molecule has 0 aromatic heterocycles. The molecular formula is C22H13F2NS. The maximum Gasteiger partial charge on any atom is 0.143 e. The smallest absolute Gasteiger partial charge is 0.143 e. The van der Waals surface area contributed by atoms with Gasteiger partial charge in [0.25, 0.3) is 0 Å².